The summed E-state index contributed by atoms with van der Waals surface area (Å²) in [6.07, 6.45) is 1.72. The minimum Gasteiger partial charge on any atom is -0.469 e. The van der Waals surface area contributed by atoms with Gasteiger partial charge in [-0.2, -0.15) is 5.10 Å². The molecule has 0 fully saturated rings. The summed E-state index contributed by atoms with van der Waals surface area (Å²) in [6, 6.07) is 12.3. The van der Waals surface area contributed by atoms with Crippen LogP contribution in [0.5, 0.6) is 0 Å². The number of methoxy groups -OCH3 is 1. The molecule has 1 aromatic heterocycles. The Balaban J connectivity index is 2.29. The molecule has 0 N–H and O–H groups in total. The summed E-state index contributed by atoms with van der Waals surface area (Å²) in [5.41, 5.74) is 0.887. The number of hydrogen-bond acceptors (Lipinski definition) is 5. The lowest BCUT2D eigenvalue weighted by atomic mass is 10.1. The molecule has 1 unspecified atom stereocenters. The number of unbranched alkanes of at least 4 members (excludes halogenated alkanes) is 1. The SMILES string of the molecule is CCCCn1nc(C(=O)N(Cc2ccccc2)CC(C)C(=O)OC)ccc1=O. The number of amides is 1. The molecule has 0 bridgehead atoms. The lowest BCUT2D eigenvalue weighted by molar-refractivity contribution is -0.145. The van der Waals surface area contributed by atoms with Crippen LogP contribution in [-0.2, 0) is 22.6 Å². The van der Waals surface area contributed by atoms with E-state index in [-0.39, 0.29) is 29.7 Å². The van der Waals surface area contributed by atoms with Crippen LogP contribution in [0.15, 0.2) is 47.3 Å². The molecule has 1 aromatic carbocycles. The van der Waals surface area contributed by atoms with Gasteiger partial charge in [0.2, 0.25) is 0 Å². The Morgan fingerprint density at radius 3 is 2.54 bits per heavy atom. The normalized spacial score (nSPS) is 11.7. The molecule has 0 radical (unpaired) electrons. The number of aryl methyl sites for hydroxylation is 1. The molecule has 7 nitrogen and oxygen atoms in total. The molecule has 1 heterocycles. The van der Waals surface area contributed by atoms with Crippen LogP contribution < -0.4 is 5.56 Å². The zero-order valence-electron chi connectivity index (χ0n) is 16.6. The highest BCUT2D eigenvalue weighted by Crippen LogP contribution is 2.12. The number of aromatic nitrogens is 2. The van der Waals surface area contributed by atoms with E-state index in [1.807, 2.05) is 37.3 Å². The fraction of sp³-hybridized carbons (Fsp3) is 0.429. The molecule has 2 rings (SSSR count). The fourth-order valence-corrected chi connectivity index (χ4v) is 2.82. The van der Waals surface area contributed by atoms with Crippen LogP contribution in [0.1, 0.15) is 42.7 Å². The molecule has 0 saturated heterocycles. The van der Waals surface area contributed by atoms with E-state index in [9.17, 15) is 14.4 Å². The van der Waals surface area contributed by atoms with Crippen LogP contribution in [0.4, 0.5) is 0 Å². The van der Waals surface area contributed by atoms with Crippen LogP contribution in [-0.4, -0.2) is 40.2 Å². The summed E-state index contributed by atoms with van der Waals surface area (Å²) >= 11 is 0. The van der Waals surface area contributed by atoms with E-state index in [1.165, 1.54) is 23.9 Å². The third kappa shape index (κ3) is 5.77. The van der Waals surface area contributed by atoms with Gasteiger partial charge in [0.15, 0.2) is 0 Å². The standard InChI is InChI=1S/C21H27N3O4/c1-4-5-13-24-19(25)12-11-18(22-24)20(26)23(14-16(2)21(27)28-3)15-17-9-7-6-8-10-17/h6-12,16H,4-5,13-15H2,1-3H3. The Kier molecular flexibility index (Phi) is 7.92. The van der Waals surface area contributed by atoms with Gasteiger partial charge in [-0.05, 0) is 18.1 Å². The third-order valence-electron chi connectivity index (χ3n) is 4.41. The molecule has 7 heteroatoms. The molecule has 28 heavy (non-hydrogen) atoms. The van der Waals surface area contributed by atoms with Gasteiger partial charge in [0.1, 0.15) is 5.69 Å². The predicted octanol–water partition coefficient (Wildman–Crippen LogP) is 2.49. The van der Waals surface area contributed by atoms with E-state index in [1.54, 1.807) is 11.8 Å². The second-order valence-corrected chi connectivity index (χ2v) is 6.73. The molecular weight excluding hydrogens is 358 g/mol. The Morgan fingerprint density at radius 2 is 1.89 bits per heavy atom. The smallest absolute Gasteiger partial charge is 0.310 e. The van der Waals surface area contributed by atoms with E-state index in [4.69, 9.17) is 4.74 Å². The number of nitrogens with zero attached hydrogens (tertiary/aromatic N) is 3. The summed E-state index contributed by atoms with van der Waals surface area (Å²) in [5, 5.41) is 4.24. The first-order chi connectivity index (χ1) is 13.5. The lowest BCUT2D eigenvalue weighted by Crippen LogP contribution is -2.38. The minimum absolute atomic E-state index is 0.184. The Bertz CT molecular complexity index is 848. The Morgan fingerprint density at radius 1 is 1.18 bits per heavy atom. The molecule has 1 amide bonds. The van der Waals surface area contributed by atoms with Crippen molar-refractivity contribution in [3.63, 3.8) is 0 Å². The predicted molar refractivity (Wildman–Crippen MR) is 106 cm³/mol. The number of carbonyl (C=O) groups is 2. The van der Waals surface area contributed by atoms with Crippen molar-refractivity contribution in [1.82, 2.24) is 14.7 Å². The first-order valence-corrected chi connectivity index (χ1v) is 9.45. The number of hydrogen-bond donors (Lipinski definition) is 0. The van der Waals surface area contributed by atoms with E-state index < -0.39 is 5.92 Å². The average Bonchev–Trinajstić information content (AvgIpc) is 2.72. The van der Waals surface area contributed by atoms with Crippen LogP contribution in [0.25, 0.3) is 0 Å². The maximum absolute atomic E-state index is 13.1. The van der Waals surface area contributed by atoms with E-state index in [0.29, 0.717) is 13.1 Å². The maximum atomic E-state index is 13.1. The van der Waals surface area contributed by atoms with Crippen LogP contribution in [0.3, 0.4) is 0 Å². The summed E-state index contributed by atoms with van der Waals surface area (Å²) in [4.78, 5) is 38.5. The molecule has 0 spiro atoms. The van der Waals surface area contributed by atoms with E-state index in [0.717, 1.165) is 18.4 Å². The largest absolute Gasteiger partial charge is 0.469 e. The van der Waals surface area contributed by atoms with Crippen molar-refractivity contribution in [2.75, 3.05) is 13.7 Å². The quantitative estimate of drug-likeness (QED) is 0.620. The van der Waals surface area contributed by atoms with Gasteiger partial charge in [-0.15, -0.1) is 0 Å². The van der Waals surface area contributed by atoms with Crippen molar-refractivity contribution >= 4 is 11.9 Å². The zero-order chi connectivity index (χ0) is 20.5. The van der Waals surface area contributed by atoms with Gasteiger partial charge in [0.05, 0.1) is 13.0 Å². The minimum atomic E-state index is -0.483. The van der Waals surface area contributed by atoms with Crippen LogP contribution in [0, 0.1) is 5.92 Å². The molecule has 0 aliphatic carbocycles. The molecule has 2 aromatic rings. The second-order valence-electron chi connectivity index (χ2n) is 6.73. The van der Waals surface area contributed by atoms with Crippen molar-refractivity contribution in [2.24, 2.45) is 5.92 Å². The molecule has 150 valence electrons. The summed E-state index contributed by atoms with van der Waals surface area (Å²) < 4.78 is 6.11. The van der Waals surface area contributed by atoms with Gasteiger partial charge in [0, 0.05) is 25.7 Å². The van der Waals surface area contributed by atoms with Crippen LogP contribution >= 0.6 is 0 Å². The monoisotopic (exact) mass is 385 g/mol. The molecule has 0 aliphatic rings. The Labute approximate surface area is 164 Å². The van der Waals surface area contributed by atoms with Gasteiger partial charge in [-0.1, -0.05) is 50.6 Å². The number of esters is 1. The maximum Gasteiger partial charge on any atom is 0.310 e. The zero-order valence-corrected chi connectivity index (χ0v) is 16.6. The molecule has 1 atom stereocenters. The van der Waals surface area contributed by atoms with Crippen molar-refractivity contribution in [1.29, 1.82) is 0 Å². The Hall–Kier alpha value is -2.96. The summed E-state index contributed by atoms with van der Waals surface area (Å²) in [5.74, 6) is -1.19. The number of benzene rings is 1. The summed E-state index contributed by atoms with van der Waals surface area (Å²) in [6.45, 7) is 4.73. The topological polar surface area (TPSA) is 81.5 Å². The first kappa shape index (κ1) is 21.3. The van der Waals surface area contributed by atoms with Crippen molar-refractivity contribution < 1.29 is 14.3 Å². The lowest BCUT2D eigenvalue weighted by Gasteiger charge is -2.25. The summed E-state index contributed by atoms with van der Waals surface area (Å²) in [7, 11) is 1.33. The number of rotatable bonds is 9. The van der Waals surface area contributed by atoms with Gasteiger partial charge in [-0.3, -0.25) is 14.4 Å². The molecule has 0 aliphatic heterocycles. The van der Waals surface area contributed by atoms with E-state index >= 15 is 0 Å². The highest BCUT2D eigenvalue weighted by atomic mass is 16.5. The number of ether oxygens (including phenoxy) is 1. The highest BCUT2D eigenvalue weighted by molar-refractivity contribution is 5.92. The molecular formula is C21H27N3O4. The fourth-order valence-electron chi connectivity index (χ4n) is 2.82. The van der Waals surface area contributed by atoms with Gasteiger partial charge < -0.3 is 9.64 Å². The van der Waals surface area contributed by atoms with Crippen molar-refractivity contribution in [3.8, 4) is 0 Å². The molecule has 0 saturated carbocycles. The second kappa shape index (κ2) is 10.4. The third-order valence-corrected chi connectivity index (χ3v) is 4.41. The highest BCUT2D eigenvalue weighted by Gasteiger charge is 2.24. The van der Waals surface area contributed by atoms with Gasteiger partial charge in [0.25, 0.3) is 11.5 Å². The number of carbonyl (C=O) groups excluding carboxylic acids is 2. The van der Waals surface area contributed by atoms with Gasteiger partial charge in [-0.25, -0.2) is 4.68 Å². The van der Waals surface area contributed by atoms with Crippen LogP contribution in [0.2, 0.25) is 0 Å². The van der Waals surface area contributed by atoms with Crippen molar-refractivity contribution in [3.05, 3.63) is 64.1 Å². The average molecular weight is 385 g/mol. The van der Waals surface area contributed by atoms with Gasteiger partial charge >= 0.3 is 5.97 Å². The van der Waals surface area contributed by atoms with E-state index in [2.05, 4.69) is 5.10 Å². The first-order valence-electron chi connectivity index (χ1n) is 9.45. The van der Waals surface area contributed by atoms with Crippen molar-refractivity contribution in [2.45, 2.75) is 39.8 Å².